The molecule has 0 bridgehead atoms. The van der Waals surface area contributed by atoms with Crippen LogP contribution < -0.4 is 9.47 Å². The second-order valence-electron chi connectivity index (χ2n) is 11.6. The third kappa shape index (κ3) is 16.9. The van der Waals surface area contributed by atoms with Crippen LogP contribution in [0.4, 0.5) is 0 Å². The summed E-state index contributed by atoms with van der Waals surface area (Å²) >= 11 is 0. The van der Waals surface area contributed by atoms with Crippen LogP contribution in [-0.2, 0) is 34.1 Å². The van der Waals surface area contributed by atoms with E-state index >= 15 is 0 Å². The Morgan fingerprint density at radius 1 is 0.534 bits per heavy atom. The van der Waals surface area contributed by atoms with Crippen molar-refractivity contribution in [1.82, 2.24) is 0 Å². The molecule has 10 nitrogen and oxygen atoms in total. The molecule has 0 aromatic heterocycles. The molecule has 0 fully saturated rings. The van der Waals surface area contributed by atoms with Crippen LogP contribution in [0.25, 0.3) is 5.41 Å². The van der Waals surface area contributed by atoms with Gasteiger partial charge < -0.3 is 35.3 Å². The van der Waals surface area contributed by atoms with Crippen molar-refractivity contribution in [2.24, 2.45) is 15.0 Å². The monoisotopic (exact) mass is 877 g/mol. The van der Waals surface area contributed by atoms with Crippen molar-refractivity contribution < 1.29 is 64.0 Å². The number of phenolic OH excluding ortho intramolecular Hbond substituents is 4. The molecule has 0 aliphatic carbocycles. The van der Waals surface area contributed by atoms with Crippen molar-refractivity contribution in [2.75, 3.05) is 27.8 Å². The number of hydrogen-bond acceptors (Lipinski definition) is 9. The van der Waals surface area contributed by atoms with Gasteiger partial charge in [-0.1, -0.05) is 78.9 Å². The van der Waals surface area contributed by atoms with Gasteiger partial charge in [-0.05, 0) is 90.3 Å². The Bertz CT molecular complexity index is 2110. The Morgan fingerprint density at radius 2 is 0.879 bits per heavy atom. The summed E-state index contributed by atoms with van der Waals surface area (Å²) in [5.41, 5.74) is 4.71. The number of ether oxygens (including phenoxy) is 2. The second kappa shape index (κ2) is 28.3. The van der Waals surface area contributed by atoms with Crippen molar-refractivity contribution >= 4 is 24.9 Å². The number of methoxy groups -OCH3 is 2. The molecule has 6 rings (SSSR count). The molecule has 6 aromatic carbocycles. The van der Waals surface area contributed by atoms with E-state index < -0.39 is 0 Å². The van der Waals surface area contributed by atoms with Gasteiger partial charge in [0, 0.05) is 66.0 Å². The molecule has 0 saturated carbocycles. The molecule has 309 valence electrons. The van der Waals surface area contributed by atoms with E-state index in [1.165, 1.54) is 6.07 Å². The van der Waals surface area contributed by atoms with E-state index in [9.17, 15) is 10.2 Å². The van der Waals surface area contributed by atoms with E-state index in [0.717, 1.165) is 46.5 Å². The van der Waals surface area contributed by atoms with Gasteiger partial charge in [0.2, 0.25) is 0 Å². The van der Waals surface area contributed by atoms with Crippen LogP contribution in [0.15, 0.2) is 161 Å². The van der Waals surface area contributed by atoms with Crippen LogP contribution in [0.5, 0.6) is 34.5 Å². The fraction of sp³-hybridized carbons (Fsp3) is 0.130. The summed E-state index contributed by atoms with van der Waals surface area (Å²) < 4.78 is 10.5. The van der Waals surface area contributed by atoms with Crippen LogP contribution in [0.2, 0.25) is 0 Å². The maximum Gasteiger partial charge on any atom is 1.00 e. The van der Waals surface area contributed by atoms with E-state index in [2.05, 4.69) is 9.98 Å². The smallest absolute Gasteiger partial charge is 0.810 e. The van der Waals surface area contributed by atoms with Crippen molar-refractivity contribution in [3.05, 3.63) is 184 Å². The molecule has 1 radical (unpaired) electrons. The Hall–Kier alpha value is -6.16. The molecule has 0 spiro atoms. The minimum atomic E-state index is -0.202. The predicted molar refractivity (Wildman–Crippen MR) is 228 cm³/mol. The number of para-hydroxylation sites is 4. The van der Waals surface area contributed by atoms with Crippen molar-refractivity contribution in [3.8, 4) is 34.5 Å². The van der Waals surface area contributed by atoms with Gasteiger partial charge in [-0.2, -0.15) is 6.21 Å². The van der Waals surface area contributed by atoms with Crippen molar-refractivity contribution in [2.45, 2.75) is 13.0 Å². The third-order valence-electron chi connectivity index (χ3n) is 7.79. The second-order valence-corrected chi connectivity index (χ2v) is 11.6. The van der Waals surface area contributed by atoms with Crippen LogP contribution in [0.1, 0.15) is 46.3 Å². The zero-order valence-electron chi connectivity index (χ0n) is 32.4. The van der Waals surface area contributed by atoms with Gasteiger partial charge in [0.1, 0.15) is 34.5 Å². The average Bonchev–Trinajstić information content (AvgIpc) is 3.23. The zero-order chi connectivity index (χ0) is 40.5. The van der Waals surface area contributed by atoms with Gasteiger partial charge in [-0.3, -0.25) is 15.0 Å². The Balaban J connectivity index is 0.000000435. The molecule has 0 unspecified atom stereocenters. The van der Waals surface area contributed by atoms with Crippen molar-refractivity contribution in [1.29, 1.82) is 0 Å². The molecule has 0 aliphatic rings. The van der Waals surface area contributed by atoms with Crippen LogP contribution in [0.3, 0.4) is 0 Å². The van der Waals surface area contributed by atoms with Gasteiger partial charge in [-0.15, -0.1) is 0 Å². The number of aliphatic imine (C=N–C) groups is 3. The Morgan fingerprint density at radius 3 is 1.19 bits per heavy atom. The summed E-state index contributed by atoms with van der Waals surface area (Å²) in [6.07, 6.45) is 5.87. The summed E-state index contributed by atoms with van der Waals surface area (Å²) in [5, 5.41) is 45.7. The SMILES string of the molecule is CCN=Cc1ccccc1O.CN=Cc1ccccc1O.COc1ccc(C(N=Cc2ccccc2O)c2ccc(OC)cc2)cc1.[Cu+].[Cu].[N-]=Cc1ccccc1O. The number of hydrogen-bond donors (Lipinski definition) is 4. The Labute approximate surface area is 361 Å². The maximum atomic E-state index is 9.98. The van der Waals surface area contributed by atoms with E-state index in [4.69, 9.17) is 30.1 Å². The summed E-state index contributed by atoms with van der Waals surface area (Å²) in [5.74, 6) is 2.45. The minimum absolute atomic E-state index is 0. The van der Waals surface area contributed by atoms with Crippen molar-refractivity contribution in [3.63, 3.8) is 0 Å². The van der Waals surface area contributed by atoms with E-state index in [0.29, 0.717) is 11.1 Å². The van der Waals surface area contributed by atoms with Gasteiger partial charge in [0.25, 0.3) is 0 Å². The first-order chi connectivity index (χ1) is 27.2. The molecule has 6 aromatic rings. The molecule has 0 atom stereocenters. The molecular formula is C46H47Cu2N4O6. The standard InChI is InChI=1S/C22H21NO3.C9H11NO.C8H9NO.C7H6NO.2Cu/c1-25-19-11-7-16(8-12-19)22(17-9-13-20(26-2)14-10-17)23-15-18-5-3-4-6-21(18)24;1-2-10-7-8-5-3-4-6-9(8)11;1-9-6-7-4-2-3-5-8(7)10;8-5-6-3-1-2-4-7(6)9;;/h3-15,22,24H,1-2H3;3-7,11H,2H2,1H3;2-6,10H,1H3;1-5,9H;;/q;;;-1;;+1. The molecule has 0 heterocycles. The number of phenols is 4. The fourth-order valence-electron chi connectivity index (χ4n) is 4.81. The average molecular weight is 879 g/mol. The zero-order valence-corrected chi connectivity index (χ0v) is 34.3. The van der Waals surface area contributed by atoms with Gasteiger partial charge in [0.15, 0.2) is 0 Å². The minimum Gasteiger partial charge on any atom is -0.810 e. The first kappa shape index (κ1) is 49.9. The van der Waals surface area contributed by atoms with E-state index in [1.54, 1.807) is 94.5 Å². The van der Waals surface area contributed by atoms with Gasteiger partial charge in [-0.25, -0.2) is 0 Å². The van der Waals surface area contributed by atoms with E-state index in [1.807, 2.05) is 91.9 Å². The molecule has 0 saturated heterocycles. The number of rotatable bonds is 10. The maximum absolute atomic E-state index is 9.98. The third-order valence-corrected chi connectivity index (χ3v) is 7.79. The summed E-state index contributed by atoms with van der Waals surface area (Å²) in [6, 6.07) is 43.4. The quantitative estimate of drug-likeness (QED) is 0.0794. The van der Waals surface area contributed by atoms with E-state index in [-0.39, 0.29) is 63.2 Å². The first-order valence-electron chi connectivity index (χ1n) is 17.6. The molecule has 12 heteroatoms. The molecule has 4 N–H and O–H groups in total. The predicted octanol–water partition coefficient (Wildman–Crippen LogP) is 9.27. The topological polar surface area (TPSA) is 159 Å². The number of benzene rings is 6. The van der Waals surface area contributed by atoms with Gasteiger partial charge in [0.05, 0.1) is 20.3 Å². The van der Waals surface area contributed by atoms with Gasteiger partial charge >= 0.3 is 17.1 Å². The summed E-state index contributed by atoms with van der Waals surface area (Å²) in [7, 11) is 4.96. The summed E-state index contributed by atoms with van der Waals surface area (Å²) in [4.78, 5) is 12.5. The number of nitrogens with zero attached hydrogens (tertiary/aromatic N) is 4. The largest absolute Gasteiger partial charge is 1.00 e. The van der Waals surface area contributed by atoms with Crippen LogP contribution >= 0.6 is 0 Å². The van der Waals surface area contributed by atoms with Crippen LogP contribution in [0, 0.1) is 0 Å². The van der Waals surface area contributed by atoms with Crippen LogP contribution in [-0.4, -0.2) is 73.1 Å². The summed E-state index contributed by atoms with van der Waals surface area (Å²) in [6.45, 7) is 2.70. The molecule has 0 amide bonds. The molecular weight excluding hydrogens is 832 g/mol. The molecule has 58 heavy (non-hydrogen) atoms. The fourth-order valence-corrected chi connectivity index (χ4v) is 4.81. The Kier molecular flexibility index (Phi) is 24.3. The molecule has 0 aliphatic heterocycles. The first-order valence-corrected chi connectivity index (χ1v) is 17.6. The normalized spacial score (nSPS) is 10.2. The number of aromatic hydroxyl groups is 4.